The summed E-state index contributed by atoms with van der Waals surface area (Å²) in [6, 6.07) is 1.80. The largest absolute Gasteiger partial charge is 0.200 e. The zero-order chi connectivity index (χ0) is 6.97. The van der Waals surface area contributed by atoms with Crippen LogP contribution in [-0.2, 0) is 0 Å². The Balaban J connectivity index is 2.95. The highest BCUT2D eigenvalue weighted by Gasteiger charge is 1.96. The maximum absolute atomic E-state index is 3.95. The van der Waals surface area contributed by atoms with Crippen molar-refractivity contribution in [2.24, 2.45) is 0 Å². The molecule has 0 spiro atoms. The summed E-state index contributed by atoms with van der Waals surface area (Å²) in [6.07, 6.45) is 3.21. The van der Waals surface area contributed by atoms with E-state index in [1.165, 1.54) is 0 Å². The van der Waals surface area contributed by atoms with Crippen LogP contribution in [0.1, 0.15) is 5.56 Å². The summed E-state index contributed by atoms with van der Waals surface area (Å²) in [7, 11) is 0. The summed E-state index contributed by atoms with van der Waals surface area (Å²) in [4.78, 5) is 0. The van der Waals surface area contributed by atoms with E-state index < -0.39 is 0 Å². The smallest absolute Gasteiger partial charge is 0.180 e. The predicted molar refractivity (Wildman–Crippen MR) is 35.2 cm³/mol. The number of nitrogens with zero attached hydrogens (tertiary/aromatic N) is 4. The lowest BCUT2D eigenvalue weighted by Gasteiger charge is -1.90. The van der Waals surface area contributed by atoms with Gasteiger partial charge >= 0.3 is 0 Å². The Morgan fingerprint density at radius 3 is 3.20 bits per heavy atom. The molecule has 2 aromatic heterocycles. The van der Waals surface area contributed by atoms with Crippen molar-refractivity contribution < 1.29 is 0 Å². The van der Waals surface area contributed by atoms with Crippen molar-refractivity contribution in [1.82, 2.24) is 19.8 Å². The lowest BCUT2D eigenvalue weighted by molar-refractivity contribution is 0.923. The topological polar surface area (TPSA) is 43.1 Å². The van der Waals surface area contributed by atoms with E-state index in [4.69, 9.17) is 0 Å². The van der Waals surface area contributed by atoms with E-state index in [0.29, 0.717) is 5.65 Å². The van der Waals surface area contributed by atoms with Crippen LogP contribution in [0.15, 0.2) is 18.6 Å². The maximum Gasteiger partial charge on any atom is 0.180 e. The lowest BCUT2D eigenvalue weighted by atomic mass is 10.3. The summed E-state index contributed by atoms with van der Waals surface area (Å²) < 4.78 is 1.59. The molecule has 4 nitrogen and oxygen atoms in total. The van der Waals surface area contributed by atoms with Gasteiger partial charge in [-0.25, -0.2) is 4.52 Å². The second-order valence-electron chi connectivity index (χ2n) is 1.96. The van der Waals surface area contributed by atoms with Crippen molar-refractivity contribution in [3.63, 3.8) is 0 Å². The average Bonchev–Trinajstić information content (AvgIpc) is 2.36. The van der Waals surface area contributed by atoms with Gasteiger partial charge in [0, 0.05) is 11.8 Å². The zero-order valence-corrected chi connectivity index (χ0v) is 5.23. The third-order valence-corrected chi connectivity index (χ3v) is 1.28. The second kappa shape index (κ2) is 1.76. The molecule has 0 atom stereocenters. The molecule has 4 heteroatoms. The molecule has 10 heavy (non-hydrogen) atoms. The van der Waals surface area contributed by atoms with Crippen molar-refractivity contribution in [1.29, 1.82) is 0 Å². The van der Waals surface area contributed by atoms with Gasteiger partial charge in [0.25, 0.3) is 0 Å². The van der Waals surface area contributed by atoms with Crippen LogP contribution in [0.25, 0.3) is 5.65 Å². The molecule has 0 aliphatic rings. The van der Waals surface area contributed by atoms with E-state index in [-0.39, 0.29) is 0 Å². The summed E-state index contributed by atoms with van der Waals surface area (Å²) in [5, 5.41) is 11.4. The van der Waals surface area contributed by atoms with Crippen molar-refractivity contribution >= 4 is 5.65 Å². The minimum Gasteiger partial charge on any atom is -0.200 e. The summed E-state index contributed by atoms with van der Waals surface area (Å²) in [6.45, 7) is 3.76. The van der Waals surface area contributed by atoms with Gasteiger partial charge in [-0.15, -0.1) is 10.2 Å². The molecule has 1 radical (unpaired) electrons. The van der Waals surface area contributed by atoms with Crippen molar-refractivity contribution in [2.75, 3.05) is 0 Å². The minimum atomic E-state index is 0.711. The first-order valence-corrected chi connectivity index (χ1v) is 2.85. The van der Waals surface area contributed by atoms with Crippen LogP contribution in [0.2, 0.25) is 0 Å². The molecule has 2 heterocycles. The number of hydrogen-bond acceptors (Lipinski definition) is 3. The minimum absolute atomic E-state index is 0.711. The highest BCUT2D eigenvalue weighted by molar-refractivity contribution is 5.46. The molecule has 49 valence electrons. The van der Waals surface area contributed by atoms with Crippen molar-refractivity contribution in [3.8, 4) is 0 Å². The van der Waals surface area contributed by atoms with E-state index in [1.807, 2.05) is 0 Å². The van der Waals surface area contributed by atoms with Crippen LogP contribution in [-0.4, -0.2) is 19.8 Å². The Morgan fingerprint density at radius 2 is 2.40 bits per heavy atom. The van der Waals surface area contributed by atoms with Gasteiger partial charge in [0.05, 0.1) is 0 Å². The SMILES string of the molecule is [CH2]c1ccnn2cnnc12. The third kappa shape index (κ3) is 0.586. The highest BCUT2D eigenvalue weighted by Crippen LogP contribution is 2.01. The van der Waals surface area contributed by atoms with Gasteiger partial charge in [0.1, 0.15) is 6.33 Å². The fraction of sp³-hybridized carbons (Fsp3) is 0. The summed E-state index contributed by atoms with van der Waals surface area (Å²) in [5.41, 5.74) is 1.55. The number of aromatic nitrogens is 4. The van der Waals surface area contributed by atoms with E-state index in [2.05, 4.69) is 22.2 Å². The Morgan fingerprint density at radius 1 is 1.50 bits per heavy atom. The molecule has 2 rings (SSSR count). The monoisotopic (exact) mass is 133 g/mol. The summed E-state index contributed by atoms with van der Waals surface area (Å²) >= 11 is 0. The van der Waals surface area contributed by atoms with E-state index >= 15 is 0 Å². The molecular weight excluding hydrogens is 128 g/mol. The summed E-state index contributed by atoms with van der Waals surface area (Å²) in [5.74, 6) is 0. The Hall–Kier alpha value is -1.45. The van der Waals surface area contributed by atoms with Crippen LogP contribution >= 0.6 is 0 Å². The number of hydrogen-bond donors (Lipinski definition) is 0. The zero-order valence-electron chi connectivity index (χ0n) is 5.23. The van der Waals surface area contributed by atoms with Crippen LogP contribution < -0.4 is 0 Å². The fourth-order valence-electron chi connectivity index (χ4n) is 0.795. The van der Waals surface area contributed by atoms with Gasteiger partial charge in [0.15, 0.2) is 5.65 Å². The predicted octanol–water partition coefficient (Wildman–Crippen LogP) is 0.306. The van der Waals surface area contributed by atoms with Gasteiger partial charge < -0.3 is 0 Å². The van der Waals surface area contributed by atoms with Gasteiger partial charge in [-0.05, 0) is 13.0 Å². The van der Waals surface area contributed by atoms with Crippen LogP contribution in [0.3, 0.4) is 0 Å². The third-order valence-electron chi connectivity index (χ3n) is 1.28. The molecule has 0 N–H and O–H groups in total. The molecule has 2 aromatic rings. The normalized spacial score (nSPS) is 10.5. The molecular formula is C6H5N4. The lowest BCUT2D eigenvalue weighted by Crippen LogP contribution is -1.90. The van der Waals surface area contributed by atoms with Crippen LogP contribution in [0.5, 0.6) is 0 Å². The first-order valence-electron chi connectivity index (χ1n) is 2.85. The number of fused-ring (bicyclic) bond motifs is 1. The van der Waals surface area contributed by atoms with Crippen LogP contribution in [0.4, 0.5) is 0 Å². The van der Waals surface area contributed by atoms with Gasteiger partial charge in [-0.3, -0.25) is 0 Å². The van der Waals surface area contributed by atoms with Gasteiger partial charge in [-0.2, -0.15) is 5.10 Å². The number of rotatable bonds is 0. The quantitative estimate of drug-likeness (QED) is 0.519. The van der Waals surface area contributed by atoms with E-state index in [9.17, 15) is 0 Å². The second-order valence-corrected chi connectivity index (χ2v) is 1.96. The Labute approximate surface area is 57.5 Å². The molecule has 0 saturated heterocycles. The molecule has 0 aliphatic heterocycles. The highest BCUT2D eigenvalue weighted by atomic mass is 15.3. The molecule has 0 saturated carbocycles. The average molecular weight is 133 g/mol. The standard InChI is InChI=1S/C6H5N4/c1-5-2-3-8-10-4-7-9-6(5)10/h2-4H,1H2. The first-order chi connectivity index (χ1) is 4.88. The molecule has 0 aromatic carbocycles. The van der Waals surface area contributed by atoms with E-state index in [0.717, 1.165) is 5.56 Å². The van der Waals surface area contributed by atoms with E-state index in [1.54, 1.807) is 23.1 Å². The fourth-order valence-corrected chi connectivity index (χ4v) is 0.795. The molecule has 0 amide bonds. The molecule has 0 aliphatic carbocycles. The Bertz CT molecular complexity index is 351. The molecule has 0 fully saturated rings. The first kappa shape index (κ1) is 5.34. The van der Waals surface area contributed by atoms with Gasteiger partial charge in [0.2, 0.25) is 0 Å². The molecule has 0 bridgehead atoms. The molecule has 0 unspecified atom stereocenters. The van der Waals surface area contributed by atoms with Crippen molar-refractivity contribution in [2.45, 2.75) is 0 Å². The van der Waals surface area contributed by atoms with Gasteiger partial charge in [-0.1, -0.05) is 0 Å². The maximum atomic E-state index is 3.95. The van der Waals surface area contributed by atoms with Crippen LogP contribution in [0, 0.1) is 6.92 Å². The van der Waals surface area contributed by atoms with Crippen molar-refractivity contribution in [3.05, 3.63) is 31.1 Å². The Kier molecular flexibility index (Phi) is 0.943.